The van der Waals surface area contributed by atoms with Gasteiger partial charge in [0, 0.05) is 12.6 Å². The molecule has 0 bridgehead atoms. The summed E-state index contributed by atoms with van der Waals surface area (Å²) in [5.41, 5.74) is 0. The van der Waals surface area contributed by atoms with Gasteiger partial charge in [0.25, 0.3) is 5.91 Å². The van der Waals surface area contributed by atoms with E-state index in [1.807, 2.05) is 0 Å². The molecular weight excluding hydrogens is 296 g/mol. The Labute approximate surface area is 126 Å². The van der Waals surface area contributed by atoms with Gasteiger partial charge in [-0.05, 0) is 38.3 Å². The van der Waals surface area contributed by atoms with Gasteiger partial charge in [0.1, 0.15) is 11.8 Å². The number of ether oxygens (including phenoxy) is 1. The molecule has 1 fully saturated rings. The van der Waals surface area contributed by atoms with E-state index in [1.165, 1.54) is 17.9 Å². The van der Waals surface area contributed by atoms with Gasteiger partial charge in [0.2, 0.25) is 0 Å². The number of amides is 1. The van der Waals surface area contributed by atoms with Crippen molar-refractivity contribution in [1.29, 1.82) is 0 Å². The lowest BCUT2D eigenvalue weighted by molar-refractivity contribution is -0.155. The van der Waals surface area contributed by atoms with Gasteiger partial charge in [-0.2, -0.15) is 0 Å². The first-order valence-electron chi connectivity index (χ1n) is 7.05. The van der Waals surface area contributed by atoms with Crippen LogP contribution >= 0.6 is 0 Å². The molecule has 1 aliphatic heterocycles. The molecule has 1 amide bonds. The fraction of sp³-hybridized carbons (Fsp3) is 0.467. The average Bonchev–Trinajstić information content (AvgIpc) is 2.50. The van der Waals surface area contributed by atoms with Crippen molar-refractivity contribution in [2.75, 3.05) is 6.54 Å². The summed E-state index contributed by atoms with van der Waals surface area (Å²) in [6.07, 6.45) is 0.899. The zero-order chi connectivity index (χ0) is 16.3. The number of likely N-dealkylation sites (tertiary alicyclic amines) is 1. The highest BCUT2D eigenvalue weighted by molar-refractivity contribution is 5.86. The van der Waals surface area contributed by atoms with Crippen molar-refractivity contribution in [2.45, 2.75) is 38.3 Å². The Hall–Kier alpha value is -2.18. The second-order valence-corrected chi connectivity index (χ2v) is 5.22. The van der Waals surface area contributed by atoms with Crippen molar-refractivity contribution in [3.05, 3.63) is 29.8 Å². The molecule has 0 saturated carbocycles. The molecule has 0 aromatic heterocycles. The van der Waals surface area contributed by atoms with Crippen LogP contribution in [0, 0.1) is 11.6 Å². The molecule has 1 aromatic rings. The smallest absolute Gasteiger partial charge is 0.326 e. The topological polar surface area (TPSA) is 66.8 Å². The lowest BCUT2D eigenvalue weighted by Gasteiger charge is -2.34. The number of carbonyl (C=O) groups excluding carboxylic acids is 1. The maximum absolute atomic E-state index is 13.1. The second-order valence-electron chi connectivity index (χ2n) is 5.22. The molecule has 1 aliphatic rings. The number of hydrogen-bond donors (Lipinski definition) is 1. The molecule has 120 valence electrons. The highest BCUT2D eigenvalue weighted by Crippen LogP contribution is 2.21. The number of nitrogens with zero attached hydrogens (tertiary/aromatic N) is 1. The van der Waals surface area contributed by atoms with Crippen LogP contribution in [0.25, 0.3) is 0 Å². The first-order chi connectivity index (χ1) is 10.4. The molecular formula is C15H17F2NO4. The number of aliphatic carboxylic acids is 1. The summed E-state index contributed by atoms with van der Waals surface area (Å²) in [5, 5.41) is 9.17. The number of halogens is 2. The Morgan fingerprint density at radius 2 is 2.05 bits per heavy atom. The fourth-order valence-electron chi connectivity index (χ4n) is 2.49. The van der Waals surface area contributed by atoms with E-state index in [2.05, 4.69) is 0 Å². The number of rotatable bonds is 4. The molecule has 1 unspecified atom stereocenters. The Balaban J connectivity index is 2.07. The van der Waals surface area contributed by atoms with Crippen LogP contribution in [0.4, 0.5) is 8.78 Å². The van der Waals surface area contributed by atoms with E-state index in [1.54, 1.807) is 0 Å². The molecule has 0 spiro atoms. The average molecular weight is 313 g/mol. The van der Waals surface area contributed by atoms with Gasteiger partial charge >= 0.3 is 5.97 Å². The van der Waals surface area contributed by atoms with Crippen LogP contribution < -0.4 is 4.74 Å². The minimum absolute atomic E-state index is 0.0173. The summed E-state index contributed by atoms with van der Waals surface area (Å²) in [4.78, 5) is 24.8. The van der Waals surface area contributed by atoms with Gasteiger partial charge in [-0.25, -0.2) is 13.6 Å². The summed E-state index contributed by atoms with van der Waals surface area (Å²) < 4.78 is 31.3. The Morgan fingerprint density at radius 1 is 1.32 bits per heavy atom. The second kappa shape index (κ2) is 6.72. The fourth-order valence-corrected chi connectivity index (χ4v) is 2.49. The molecule has 2 atom stereocenters. The lowest BCUT2D eigenvalue weighted by Crippen LogP contribution is -2.52. The Kier molecular flexibility index (Phi) is 4.95. The summed E-state index contributed by atoms with van der Waals surface area (Å²) >= 11 is 0. The largest absolute Gasteiger partial charge is 0.481 e. The van der Waals surface area contributed by atoms with E-state index in [-0.39, 0.29) is 5.75 Å². The highest BCUT2D eigenvalue weighted by Gasteiger charge is 2.34. The highest BCUT2D eigenvalue weighted by atomic mass is 19.2. The molecule has 1 aromatic carbocycles. The minimum atomic E-state index is -1.07. The standard InChI is InChI=1S/C15H17F2NO4/c1-9(22-10-5-6-11(16)12(17)8-10)14(19)18-7-3-2-4-13(18)15(20)21/h5-6,8-9,13H,2-4,7H2,1H3,(H,20,21)/t9?,13-/m1/s1. The number of carboxylic acid groups (broad SMARTS) is 1. The van der Waals surface area contributed by atoms with Crippen LogP contribution in [0.2, 0.25) is 0 Å². The van der Waals surface area contributed by atoms with Crippen LogP contribution in [-0.4, -0.2) is 40.6 Å². The van der Waals surface area contributed by atoms with Crippen molar-refractivity contribution in [3.8, 4) is 5.75 Å². The number of benzene rings is 1. The molecule has 0 aliphatic carbocycles. The van der Waals surface area contributed by atoms with Crippen LogP contribution in [0.1, 0.15) is 26.2 Å². The first kappa shape index (κ1) is 16.2. The molecule has 0 radical (unpaired) electrons. The Morgan fingerprint density at radius 3 is 2.68 bits per heavy atom. The molecule has 5 nitrogen and oxygen atoms in total. The Bertz CT molecular complexity index is 579. The maximum Gasteiger partial charge on any atom is 0.326 e. The van der Waals surface area contributed by atoms with E-state index >= 15 is 0 Å². The van der Waals surface area contributed by atoms with Gasteiger partial charge in [0.15, 0.2) is 17.7 Å². The summed E-state index contributed by atoms with van der Waals surface area (Å²) in [6.45, 7) is 1.80. The van der Waals surface area contributed by atoms with Gasteiger partial charge < -0.3 is 14.7 Å². The summed E-state index contributed by atoms with van der Waals surface area (Å²) in [5.74, 6) is -3.58. The SMILES string of the molecule is CC(Oc1ccc(F)c(F)c1)C(=O)N1CCCC[C@@H]1C(=O)O. The summed E-state index contributed by atoms with van der Waals surface area (Å²) in [6, 6.07) is 2.11. The van der Waals surface area contributed by atoms with E-state index in [0.29, 0.717) is 13.0 Å². The first-order valence-corrected chi connectivity index (χ1v) is 7.05. The number of hydrogen-bond acceptors (Lipinski definition) is 3. The quantitative estimate of drug-likeness (QED) is 0.925. The zero-order valence-corrected chi connectivity index (χ0v) is 12.1. The van der Waals surface area contributed by atoms with Crippen molar-refractivity contribution in [2.24, 2.45) is 0 Å². The van der Waals surface area contributed by atoms with Crippen LogP contribution in [0.5, 0.6) is 5.75 Å². The number of carbonyl (C=O) groups is 2. The van der Waals surface area contributed by atoms with E-state index in [0.717, 1.165) is 25.0 Å². The minimum Gasteiger partial charge on any atom is -0.481 e. The molecule has 1 saturated heterocycles. The maximum atomic E-state index is 13.1. The van der Waals surface area contributed by atoms with Crippen molar-refractivity contribution >= 4 is 11.9 Å². The molecule has 2 rings (SSSR count). The van der Waals surface area contributed by atoms with E-state index < -0.39 is 35.7 Å². The monoisotopic (exact) mass is 313 g/mol. The van der Waals surface area contributed by atoms with Crippen LogP contribution in [-0.2, 0) is 9.59 Å². The van der Waals surface area contributed by atoms with E-state index in [4.69, 9.17) is 4.74 Å². The predicted octanol–water partition coefficient (Wildman–Crippen LogP) is 2.20. The van der Waals surface area contributed by atoms with Gasteiger partial charge in [0.05, 0.1) is 0 Å². The number of carboxylic acids is 1. The van der Waals surface area contributed by atoms with Crippen LogP contribution in [0.15, 0.2) is 18.2 Å². The van der Waals surface area contributed by atoms with Gasteiger partial charge in [-0.15, -0.1) is 0 Å². The van der Waals surface area contributed by atoms with Crippen molar-refractivity contribution in [1.82, 2.24) is 4.90 Å². The summed E-state index contributed by atoms with van der Waals surface area (Å²) in [7, 11) is 0. The molecule has 7 heteroatoms. The molecule has 22 heavy (non-hydrogen) atoms. The predicted molar refractivity (Wildman–Crippen MR) is 73.4 cm³/mol. The van der Waals surface area contributed by atoms with Gasteiger partial charge in [-0.1, -0.05) is 0 Å². The van der Waals surface area contributed by atoms with E-state index in [9.17, 15) is 23.5 Å². The zero-order valence-electron chi connectivity index (χ0n) is 12.1. The third kappa shape index (κ3) is 3.52. The normalized spacial score (nSPS) is 19.6. The third-order valence-corrected chi connectivity index (χ3v) is 3.62. The molecule has 1 N–H and O–H groups in total. The number of piperidine rings is 1. The third-order valence-electron chi connectivity index (χ3n) is 3.62. The van der Waals surface area contributed by atoms with Crippen LogP contribution in [0.3, 0.4) is 0 Å². The van der Waals surface area contributed by atoms with Crippen molar-refractivity contribution < 1.29 is 28.2 Å². The van der Waals surface area contributed by atoms with Crippen molar-refractivity contribution in [3.63, 3.8) is 0 Å². The lowest BCUT2D eigenvalue weighted by atomic mass is 10.0. The van der Waals surface area contributed by atoms with Gasteiger partial charge in [-0.3, -0.25) is 4.79 Å². The molecule has 1 heterocycles.